The van der Waals surface area contributed by atoms with Crippen LogP contribution in [0, 0.1) is 6.92 Å². The molecule has 0 bridgehead atoms. The van der Waals surface area contributed by atoms with Crippen molar-refractivity contribution in [2.24, 2.45) is 0 Å². The normalized spacial score (nSPS) is 10.4. The fourth-order valence-corrected chi connectivity index (χ4v) is 2.14. The van der Waals surface area contributed by atoms with Gasteiger partial charge in [-0.3, -0.25) is 0 Å². The van der Waals surface area contributed by atoms with Crippen molar-refractivity contribution in [2.45, 2.75) is 27.2 Å². The minimum atomic E-state index is -0.460. The largest absolute Gasteiger partial charge is 0.490 e. The molecule has 0 unspecified atom stereocenters. The van der Waals surface area contributed by atoms with Crippen molar-refractivity contribution in [3.63, 3.8) is 0 Å². The molecule has 7 heteroatoms. The van der Waals surface area contributed by atoms with E-state index in [2.05, 4.69) is 20.5 Å². The second-order valence-corrected chi connectivity index (χ2v) is 4.90. The number of rotatable bonds is 8. The van der Waals surface area contributed by atoms with Crippen LogP contribution in [0.25, 0.3) is 0 Å². The predicted octanol–water partition coefficient (Wildman–Crippen LogP) is 1.93. The van der Waals surface area contributed by atoms with E-state index in [9.17, 15) is 4.79 Å². The second-order valence-electron chi connectivity index (χ2n) is 4.90. The molecule has 0 saturated heterocycles. The molecule has 1 aromatic heterocycles. The molecule has 1 aromatic carbocycles. The zero-order chi connectivity index (χ0) is 16.7. The Morgan fingerprint density at radius 2 is 1.91 bits per heavy atom. The zero-order valence-electron chi connectivity index (χ0n) is 13.7. The Morgan fingerprint density at radius 1 is 1.17 bits per heavy atom. The molecule has 2 rings (SSSR count). The minimum absolute atomic E-state index is 0.460. The standard InChI is InChI=1S/C16H22N4O3/c1-4-22-13-7-6-12(10-14(13)23-5-2)8-9-17-15-11(3)19-20-16(21)18-15/h6-7,10H,4-5,8-9H2,1-3H3,(H2,17,18,20,21). The molecule has 0 radical (unpaired) electrons. The van der Waals surface area contributed by atoms with Crippen LogP contribution in [0.3, 0.4) is 0 Å². The van der Waals surface area contributed by atoms with E-state index in [4.69, 9.17) is 9.47 Å². The molecule has 2 N–H and O–H groups in total. The molecule has 0 fully saturated rings. The smallest absolute Gasteiger partial charge is 0.363 e. The Morgan fingerprint density at radius 3 is 2.65 bits per heavy atom. The van der Waals surface area contributed by atoms with Crippen molar-refractivity contribution in [2.75, 3.05) is 25.1 Å². The van der Waals surface area contributed by atoms with Gasteiger partial charge in [0.15, 0.2) is 17.3 Å². The van der Waals surface area contributed by atoms with Gasteiger partial charge in [-0.25, -0.2) is 9.89 Å². The number of aromatic nitrogens is 3. The lowest BCUT2D eigenvalue weighted by Crippen LogP contribution is -2.18. The molecule has 0 spiro atoms. The SMILES string of the molecule is CCOc1ccc(CCNc2nc(=O)[nH]nc2C)cc1OCC. The third-order valence-electron chi connectivity index (χ3n) is 3.19. The van der Waals surface area contributed by atoms with Crippen LogP contribution in [0.4, 0.5) is 5.82 Å². The van der Waals surface area contributed by atoms with E-state index in [0.29, 0.717) is 31.3 Å². The molecule has 0 aliphatic rings. The van der Waals surface area contributed by atoms with Crippen molar-refractivity contribution >= 4 is 5.82 Å². The van der Waals surface area contributed by atoms with Crippen molar-refractivity contribution < 1.29 is 9.47 Å². The highest BCUT2D eigenvalue weighted by Crippen LogP contribution is 2.28. The summed E-state index contributed by atoms with van der Waals surface area (Å²) in [4.78, 5) is 15.1. The second kappa shape index (κ2) is 8.17. The Balaban J connectivity index is 2.01. The molecule has 1 heterocycles. The van der Waals surface area contributed by atoms with Gasteiger partial charge < -0.3 is 14.8 Å². The third kappa shape index (κ3) is 4.70. The zero-order valence-corrected chi connectivity index (χ0v) is 13.7. The van der Waals surface area contributed by atoms with E-state index in [1.165, 1.54) is 0 Å². The topological polar surface area (TPSA) is 89.1 Å². The summed E-state index contributed by atoms with van der Waals surface area (Å²) in [5, 5.41) is 9.30. The van der Waals surface area contributed by atoms with E-state index in [-0.39, 0.29) is 0 Å². The summed E-state index contributed by atoms with van der Waals surface area (Å²) < 4.78 is 11.2. The molecule has 2 aromatic rings. The molecule has 0 saturated carbocycles. The Kier molecular flexibility index (Phi) is 5.96. The number of ether oxygens (including phenoxy) is 2. The monoisotopic (exact) mass is 318 g/mol. The fraction of sp³-hybridized carbons (Fsp3) is 0.438. The first-order valence-electron chi connectivity index (χ1n) is 7.69. The van der Waals surface area contributed by atoms with Gasteiger partial charge in [0.2, 0.25) is 0 Å². The Bertz CT molecular complexity index is 700. The van der Waals surface area contributed by atoms with Gasteiger partial charge in [0.05, 0.1) is 13.2 Å². The van der Waals surface area contributed by atoms with Crippen molar-refractivity contribution in [3.8, 4) is 11.5 Å². The van der Waals surface area contributed by atoms with E-state index in [1.807, 2.05) is 32.0 Å². The van der Waals surface area contributed by atoms with Crippen LogP contribution in [0.1, 0.15) is 25.1 Å². The number of aryl methyl sites for hydroxylation is 1. The average Bonchev–Trinajstić information content (AvgIpc) is 2.53. The first-order chi connectivity index (χ1) is 11.1. The van der Waals surface area contributed by atoms with Crippen LogP contribution < -0.4 is 20.5 Å². The fourth-order valence-electron chi connectivity index (χ4n) is 2.14. The summed E-state index contributed by atoms with van der Waals surface area (Å²) in [5.74, 6) is 2.01. The summed E-state index contributed by atoms with van der Waals surface area (Å²) in [6.45, 7) is 7.50. The summed E-state index contributed by atoms with van der Waals surface area (Å²) in [5.41, 5.74) is 1.31. The molecule has 23 heavy (non-hydrogen) atoms. The maximum atomic E-state index is 11.2. The van der Waals surface area contributed by atoms with Gasteiger partial charge >= 0.3 is 5.69 Å². The number of H-pyrrole nitrogens is 1. The van der Waals surface area contributed by atoms with Crippen LogP contribution in [-0.2, 0) is 6.42 Å². The first kappa shape index (κ1) is 16.8. The van der Waals surface area contributed by atoms with Crippen LogP contribution in [0.5, 0.6) is 11.5 Å². The van der Waals surface area contributed by atoms with Gasteiger partial charge in [0, 0.05) is 6.54 Å². The lowest BCUT2D eigenvalue weighted by atomic mass is 10.1. The molecule has 0 atom stereocenters. The highest BCUT2D eigenvalue weighted by Gasteiger charge is 2.07. The van der Waals surface area contributed by atoms with Gasteiger partial charge in [0.25, 0.3) is 0 Å². The highest BCUT2D eigenvalue weighted by atomic mass is 16.5. The van der Waals surface area contributed by atoms with E-state index in [1.54, 1.807) is 6.92 Å². The minimum Gasteiger partial charge on any atom is -0.490 e. The number of hydrogen-bond donors (Lipinski definition) is 2. The summed E-state index contributed by atoms with van der Waals surface area (Å²) in [7, 11) is 0. The average molecular weight is 318 g/mol. The summed E-state index contributed by atoms with van der Waals surface area (Å²) in [6.07, 6.45) is 0.764. The Labute approximate surface area is 135 Å². The van der Waals surface area contributed by atoms with E-state index >= 15 is 0 Å². The van der Waals surface area contributed by atoms with Crippen LogP contribution in [0.15, 0.2) is 23.0 Å². The molecule has 0 aliphatic carbocycles. The molecule has 0 amide bonds. The van der Waals surface area contributed by atoms with Gasteiger partial charge in [-0.1, -0.05) is 6.07 Å². The molecular weight excluding hydrogens is 296 g/mol. The summed E-state index contributed by atoms with van der Waals surface area (Å²) >= 11 is 0. The lowest BCUT2D eigenvalue weighted by molar-refractivity contribution is 0.287. The van der Waals surface area contributed by atoms with Crippen molar-refractivity contribution in [1.82, 2.24) is 15.2 Å². The lowest BCUT2D eigenvalue weighted by Gasteiger charge is -2.13. The van der Waals surface area contributed by atoms with Crippen LogP contribution >= 0.6 is 0 Å². The maximum absolute atomic E-state index is 11.2. The highest BCUT2D eigenvalue weighted by molar-refractivity contribution is 5.43. The molecule has 124 valence electrons. The number of hydrogen-bond acceptors (Lipinski definition) is 6. The van der Waals surface area contributed by atoms with E-state index in [0.717, 1.165) is 23.5 Å². The third-order valence-corrected chi connectivity index (χ3v) is 3.19. The maximum Gasteiger partial charge on any atom is 0.363 e. The quantitative estimate of drug-likeness (QED) is 0.773. The Hall–Kier alpha value is -2.57. The number of benzene rings is 1. The van der Waals surface area contributed by atoms with Crippen LogP contribution in [-0.4, -0.2) is 34.9 Å². The predicted molar refractivity (Wildman–Crippen MR) is 88.4 cm³/mol. The van der Waals surface area contributed by atoms with Gasteiger partial charge in [-0.05, 0) is 44.9 Å². The first-order valence-corrected chi connectivity index (χ1v) is 7.69. The number of anilines is 1. The van der Waals surface area contributed by atoms with Gasteiger partial charge in [-0.15, -0.1) is 0 Å². The summed E-state index contributed by atoms with van der Waals surface area (Å²) in [6, 6.07) is 5.90. The number of nitrogens with zero attached hydrogens (tertiary/aromatic N) is 2. The van der Waals surface area contributed by atoms with Crippen LogP contribution in [0.2, 0.25) is 0 Å². The van der Waals surface area contributed by atoms with Crippen molar-refractivity contribution in [1.29, 1.82) is 0 Å². The molecule has 0 aliphatic heterocycles. The van der Waals surface area contributed by atoms with Crippen molar-refractivity contribution in [3.05, 3.63) is 39.9 Å². The van der Waals surface area contributed by atoms with E-state index < -0.39 is 5.69 Å². The van der Waals surface area contributed by atoms with Gasteiger partial charge in [0.1, 0.15) is 5.69 Å². The molecular formula is C16H22N4O3. The number of nitrogens with one attached hydrogen (secondary N) is 2. The molecule has 7 nitrogen and oxygen atoms in total. The number of aromatic amines is 1. The van der Waals surface area contributed by atoms with Gasteiger partial charge in [-0.2, -0.15) is 10.1 Å².